The van der Waals surface area contributed by atoms with E-state index < -0.39 is 23.7 Å². The smallest absolute Gasteiger partial charge is 0.341 e. The van der Waals surface area contributed by atoms with Crippen molar-refractivity contribution in [2.24, 2.45) is 0 Å². The summed E-state index contributed by atoms with van der Waals surface area (Å²) in [5, 5.41) is 8.96. The van der Waals surface area contributed by atoms with Crippen LogP contribution >= 0.6 is 23.4 Å². The van der Waals surface area contributed by atoms with Gasteiger partial charge in [0.2, 0.25) is 0 Å². The second kappa shape index (κ2) is 10.9. The molecule has 3 rings (SSSR count). The number of hydrogen-bond donors (Lipinski definition) is 1. The van der Waals surface area contributed by atoms with Crippen molar-refractivity contribution >= 4 is 46.6 Å². The lowest BCUT2D eigenvalue weighted by Crippen LogP contribution is -2.32. The van der Waals surface area contributed by atoms with Gasteiger partial charge in [-0.3, -0.25) is 14.5 Å². The van der Waals surface area contributed by atoms with Crippen LogP contribution in [0.3, 0.4) is 0 Å². The van der Waals surface area contributed by atoms with E-state index in [1.54, 1.807) is 49.4 Å². The molecule has 0 aromatic heterocycles. The van der Waals surface area contributed by atoms with Crippen molar-refractivity contribution < 1.29 is 33.7 Å². The number of imide groups is 1. The Morgan fingerprint density at radius 1 is 1.09 bits per heavy atom. The monoisotopic (exact) mass is 477 g/mol. The van der Waals surface area contributed by atoms with Gasteiger partial charge in [-0.2, -0.15) is 0 Å². The van der Waals surface area contributed by atoms with E-state index in [4.69, 9.17) is 30.9 Å². The Bertz CT molecular complexity index is 1060. The highest BCUT2D eigenvalue weighted by Gasteiger charge is 2.35. The van der Waals surface area contributed by atoms with Crippen molar-refractivity contribution in [3.8, 4) is 17.2 Å². The molecule has 2 aromatic carbocycles. The van der Waals surface area contributed by atoms with E-state index in [1.807, 2.05) is 0 Å². The summed E-state index contributed by atoms with van der Waals surface area (Å²) in [5.74, 6) is -0.639. The molecular formula is C22H20ClNO7S. The van der Waals surface area contributed by atoms with Gasteiger partial charge in [-0.1, -0.05) is 35.9 Å². The van der Waals surface area contributed by atoms with E-state index >= 15 is 0 Å². The number of para-hydroxylation sites is 2. The molecule has 0 saturated carbocycles. The third-order valence-corrected chi connectivity index (χ3v) is 5.44. The number of carboxylic acids is 1. The zero-order chi connectivity index (χ0) is 23.1. The van der Waals surface area contributed by atoms with Crippen molar-refractivity contribution in [1.82, 2.24) is 4.90 Å². The van der Waals surface area contributed by atoms with Crippen LogP contribution in [0.2, 0.25) is 5.02 Å². The van der Waals surface area contributed by atoms with E-state index in [2.05, 4.69) is 0 Å². The highest BCUT2D eigenvalue weighted by Crippen LogP contribution is 2.37. The predicted molar refractivity (Wildman–Crippen MR) is 120 cm³/mol. The summed E-state index contributed by atoms with van der Waals surface area (Å²) in [7, 11) is 0. The number of nitrogens with zero attached hydrogens (tertiary/aromatic N) is 1. The first-order valence-electron chi connectivity index (χ1n) is 9.63. The van der Waals surface area contributed by atoms with Gasteiger partial charge in [-0.05, 0) is 43.0 Å². The first-order chi connectivity index (χ1) is 15.4. The first kappa shape index (κ1) is 23.5. The van der Waals surface area contributed by atoms with Crippen molar-refractivity contribution in [1.29, 1.82) is 0 Å². The van der Waals surface area contributed by atoms with Gasteiger partial charge in [0.05, 0.1) is 23.1 Å². The van der Waals surface area contributed by atoms with E-state index in [0.717, 1.165) is 16.7 Å². The number of halogens is 1. The summed E-state index contributed by atoms with van der Waals surface area (Å²) in [5.41, 5.74) is 0.426. The van der Waals surface area contributed by atoms with Gasteiger partial charge in [-0.25, -0.2) is 4.79 Å². The van der Waals surface area contributed by atoms with Crippen molar-refractivity contribution in [2.75, 3.05) is 26.4 Å². The van der Waals surface area contributed by atoms with Crippen LogP contribution in [-0.4, -0.2) is 53.5 Å². The third-order valence-electron chi connectivity index (χ3n) is 4.22. The number of carbonyl (C=O) groups is 3. The molecule has 2 amide bonds. The molecule has 10 heteroatoms. The Morgan fingerprint density at radius 3 is 2.56 bits per heavy atom. The average molecular weight is 478 g/mol. The van der Waals surface area contributed by atoms with Crippen LogP contribution in [-0.2, 0) is 9.59 Å². The van der Waals surface area contributed by atoms with Crippen LogP contribution in [0.4, 0.5) is 4.79 Å². The van der Waals surface area contributed by atoms with Crippen molar-refractivity contribution in [3.63, 3.8) is 0 Å². The number of hydrogen-bond acceptors (Lipinski definition) is 7. The molecule has 1 aliphatic heterocycles. The predicted octanol–water partition coefficient (Wildman–Crippen LogP) is 4.32. The summed E-state index contributed by atoms with van der Waals surface area (Å²) in [6.45, 7) is 1.68. The maximum absolute atomic E-state index is 12.8. The molecule has 0 aliphatic carbocycles. The summed E-state index contributed by atoms with van der Waals surface area (Å²) >= 11 is 6.82. The number of carbonyl (C=O) groups excluding carboxylic acids is 2. The molecule has 32 heavy (non-hydrogen) atoms. The molecule has 1 heterocycles. The van der Waals surface area contributed by atoms with E-state index in [1.165, 1.54) is 6.08 Å². The lowest BCUT2D eigenvalue weighted by molar-refractivity contribution is -0.139. The van der Waals surface area contributed by atoms with E-state index in [9.17, 15) is 14.4 Å². The first-order valence-corrected chi connectivity index (χ1v) is 10.8. The third kappa shape index (κ3) is 5.74. The lowest BCUT2D eigenvalue weighted by Gasteiger charge is -2.14. The van der Waals surface area contributed by atoms with Gasteiger partial charge in [0, 0.05) is 5.56 Å². The quantitative estimate of drug-likeness (QED) is 0.505. The van der Waals surface area contributed by atoms with Crippen LogP contribution < -0.4 is 14.2 Å². The average Bonchev–Trinajstić information content (AvgIpc) is 3.02. The fourth-order valence-corrected chi connectivity index (χ4v) is 3.89. The van der Waals surface area contributed by atoms with Crippen LogP contribution in [0, 0.1) is 0 Å². The largest absolute Gasteiger partial charge is 0.490 e. The number of aliphatic carboxylic acids is 1. The standard InChI is InChI=1S/C22H20ClNO7S/c1-2-29-17-9-5-6-14(20(17)31-13-19(25)26)12-18-21(27)24(22(28)32-18)10-11-30-16-8-4-3-7-15(16)23/h3-9,12H,2,10-11,13H2,1H3,(H,25,26)/b18-12-. The van der Waals surface area contributed by atoms with Crippen LogP contribution in [0.15, 0.2) is 47.4 Å². The fraction of sp³-hybridized carbons (Fsp3) is 0.227. The maximum Gasteiger partial charge on any atom is 0.341 e. The van der Waals surface area contributed by atoms with Crippen LogP contribution in [0.1, 0.15) is 12.5 Å². The van der Waals surface area contributed by atoms with Gasteiger partial charge >= 0.3 is 5.97 Å². The minimum Gasteiger partial charge on any atom is -0.490 e. The molecule has 1 aliphatic rings. The van der Waals surface area contributed by atoms with E-state index in [0.29, 0.717) is 28.7 Å². The van der Waals surface area contributed by atoms with E-state index in [-0.39, 0.29) is 23.8 Å². The highest BCUT2D eigenvalue weighted by atomic mass is 35.5. The molecule has 2 aromatic rings. The van der Waals surface area contributed by atoms with Gasteiger partial charge in [0.25, 0.3) is 11.1 Å². The number of amides is 2. The van der Waals surface area contributed by atoms with Gasteiger partial charge < -0.3 is 19.3 Å². The minimum atomic E-state index is -1.15. The molecule has 1 fully saturated rings. The Labute approximate surface area is 193 Å². The zero-order valence-electron chi connectivity index (χ0n) is 17.1. The topological polar surface area (TPSA) is 102 Å². The highest BCUT2D eigenvalue weighted by molar-refractivity contribution is 8.18. The zero-order valence-corrected chi connectivity index (χ0v) is 18.6. The molecule has 168 valence electrons. The lowest BCUT2D eigenvalue weighted by atomic mass is 10.1. The van der Waals surface area contributed by atoms with Crippen molar-refractivity contribution in [2.45, 2.75) is 6.92 Å². The number of benzene rings is 2. The minimum absolute atomic E-state index is 0.0502. The Kier molecular flexibility index (Phi) is 8.02. The molecule has 0 atom stereocenters. The molecular weight excluding hydrogens is 458 g/mol. The van der Waals surface area contributed by atoms with Crippen molar-refractivity contribution in [3.05, 3.63) is 58.0 Å². The number of carboxylic acid groups (broad SMARTS) is 1. The summed E-state index contributed by atoms with van der Waals surface area (Å²) in [6.07, 6.45) is 1.49. The molecule has 0 spiro atoms. The molecule has 0 radical (unpaired) electrons. The van der Waals surface area contributed by atoms with Gasteiger partial charge in [0.15, 0.2) is 18.1 Å². The SMILES string of the molecule is CCOc1cccc(/C=C2\SC(=O)N(CCOc3ccccc3Cl)C2=O)c1OCC(=O)O. The summed E-state index contributed by atoms with van der Waals surface area (Å²) in [6, 6.07) is 11.9. The normalized spacial score (nSPS) is 14.7. The summed E-state index contributed by atoms with van der Waals surface area (Å²) < 4.78 is 16.5. The number of rotatable bonds is 10. The Morgan fingerprint density at radius 2 is 1.84 bits per heavy atom. The van der Waals surface area contributed by atoms with Crippen LogP contribution in [0.5, 0.6) is 17.2 Å². The molecule has 1 N–H and O–H groups in total. The summed E-state index contributed by atoms with van der Waals surface area (Å²) in [4.78, 5) is 37.4. The molecule has 1 saturated heterocycles. The van der Waals surface area contributed by atoms with Crippen LogP contribution in [0.25, 0.3) is 6.08 Å². The second-order valence-corrected chi connectivity index (χ2v) is 7.80. The van der Waals surface area contributed by atoms with Gasteiger partial charge in [0.1, 0.15) is 12.4 Å². The maximum atomic E-state index is 12.8. The molecule has 0 bridgehead atoms. The molecule has 8 nitrogen and oxygen atoms in total. The fourth-order valence-electron chi connectivity index (χ4n) is 2.85. The Balaban J connectivity index is 1.75. The van der Waals surface area contributed by atoms with Gasteiger partial charge in [-0.15, -0.1) is 0 Å². The second-order valence-electron chi connectivity index (χ2n) is 6.40. The number of ether oxygens (including phenoxy) is 3. The molecule has 0 unspecified atom stereocenters. The Hall–Kier alpha value is -3.17. The number of thioether (sulfide) groups is 1.